The normalized spacial score (nSPS) is 48.3. The highest BCUT2D eigenvalue weighted by atomic mass is 16.7. The van der Waals surface area contributed by atoms with Crippen LogP contribution in [0.15, 0.2) is 0 Å². The molecule has 0 aromatic rings. The number of aliphatic hydroxyl groups is 5. The molecular weight excluding hydrogens is 346 g/mol. The molecule has 2 aliphatic rings. The van der Waals surface area contributed by atoms with Gasteiger partial charge in [0.25, 0.3) is 0 Å². The molecule has 1 saturated heterocycles. The topological polar surface area (TPSA) is 184 Å². The van der Waals surface area contributed by atoms with Gasteiger partial charge in [-0.1, -0.05) is 6.92 Å². The van der Waals surface area contributed by atoms with Crippen LogP contribution in [-0.4, -0.2) is 99.2 Å². The van der Waals surface area contributed by atoms with Crippen LogP contribution in [0.5, 0.6) is 0 Å². The molecule has 1 heterocycles. The van der Waals surface area contributed by atoms with Gasteiger partial charge in [0.15, 0.2) is 6.29 Å². The summed E-state index contributed by atoms with van der Waals surface area (Å²) in [6.07, 6.45) is -8.23. The van der Waals surface area contributed by atoms with Crippen LogP contribution in [-0.2, 0) is 9.47 Å². The van der Waals surface area contributed by atoms with Crippen LogP contribution < -0.4 is 16.8 Å². The predicted octanol–water partition coefficient (Wildman–Crippen LogP) is -3.65. The molecular formula is C16H33N3O7. The van der Waals surface area contributed by atoms with Crippen molar-refractivity contribution >= 4 is 0 Å². The number of rotatable bonds is 6. The van der Waals surface area contributed by atoms with E-state index in [0.29, 0.717) is 13.0 Å². The average molecular weight is 379 g/mol. The number of nitrogens with one attached hydrogen (secondary N) is 1. The second-order valence-electron chi connectivity index (χ2n) is 7.31. The number of nitrogens with two attached hydrogens (primary N) is 2. The number of aliphatic hydroxyl groups excluding tert-OH is 5. The molecule has 0 amide bonds. The summed E-state index contributed by atoms with van der Waals surface area (Å²) in [6, 6.07) is -2.07. The first-order valence-corrected chi connectivity index (χ1v) is 9.14. The van der Waals surface area contributed by atoms with E-state index in [9.17, 15) is 25.5 Å². The van der Waals surface area contributed by atoms with E-state index < -0.39 is 61.1 Å². The second kappa shape index (κ2) is 9.20. The second-order valence-corrected chi connectivity index (χ2v) is 7.31. The van der Waals surface area contributed by atoms with E-state index in [1.165, 1.54) is 6.92 Å². The molecule has 0 spiro atoms. The van der Waals surface area contributed by atoms with E-state index in [4.69, 9.17) is 20.9 Å². The zero-order chi connectivity index (χ0) is 19.6. The number of hydrogen-bond donors (Lipinski definition) is 8. The van der Waals surface area contributed by atoms with E-state index in [1.54, 1.807) is 0 Å². The summed E-state index contributed by atoms with van der Waals surface area (Å²) in [7, 11) is 0. The molecule has 11 atom stereocenters. The Kier molecular flexibility index (Phi) is 7.74. The van der Waals surface area contributed by atoms with E-state index in [-0.39, 0.29) is 6.04 Å². The fourth-order valence-corrected chi connectivity index (χ4v) is 3.55. The molecule has 0 radical (unpaired) electrons. The maximum atomic E-state index is 10.4. The minimum absolute atomic E-state index is 0.363. The summed E-state index contributed by atoms with van der Waals surface area (Å²) in [5.41, 5.74) is 12.0. The SMILES string of the molecule is CCCNC1CC(N)[C@@H](O[C@H]2OC(C(C)O)[C@@H](O)[C@H](O)C2N)C(O)[C@@H]1O. The molecule has 10 N–H and O–H groups in total. The van der Waals surface area contributed by atoms with E-state index in [2.05, 4.69) is 5.32 Å². The quantitative estimate of drug-likeness (QED) is 0.229. The molecule has 154 valence electrons. The Bertz CT molecular complexity index is 444. The van der Waals surface area contributed by atoms with Crippen LogP contribution in [0.25, 0.3) is 0 Å². The minimum Gasteiger partial charge on any atom is -0.391 e. The van der Waals surface area contributed by atoms with Gasteiger partial charge in [0.05, 0.1) is 18.2 Å². The Hall–Kier alpha value is -0.400. The highest BCUT2D eigenvalue weighted by Gasteiger charge is 2.49. The van der Waals surface area contributed by atoms with Crippen molar-refractivity contribution in [2.75, 3.05) is 6.54 Å². The molecule has 26 heavy (non-hydrogen) atoms. The lowest BCUT2D eigenvalue weighted by molar-refractivity contribution is -0.301. The van der Waals surface area contributed by atoms with Crippen molar-refractivity contribution in [3.63, 3.8) is 0 Å². The summed E-state index contributed by atoms with van der Waals surface area (Å²) in [6.45, 7) is 4.08. The van der Waals surface area contributed by atoms with Crippen molar-refractivity contribution in [1.82, 2.24) is 5.32 Å². The van der Waals surface area contributed by atoms with Crippen LogP contribution in [0.2, 0.25) is 0 Å². The van der Waals surface area contributed by atoms with Crippen LogP contribution in [0, 0.1) is 0 Å². The van der Waals surface area contributed by atoms with Crippen molar-refractivity contribution in [3.05, 3.63) is 0 Å². The molecule has 10 nitrogen and oxygen atoms in total. The van der Waals surface area contributed by atoms with Gasteiger partial charge in [0.1, 0.15) is 30.5 Å². The third-order valence-electron chi connectivity index (χ3n) is 5.16. The fourth-order valence-electron chi connectivity index (χ4n) is 3.55. The first kappa shape index (κ1) is 21.9. The summed E-state index contributed by atoms with van der Waals surface area (Å²) in [5.74, 6) is 0. The summed E-state index contributed by atoms with van der Waals surface area (Å²) >= 11 is 0. The Morgan fingerprint density at radius 2 is 1.77 bits per heavy atom. The number of ether oxygens (including phenoxy) is 2. The van der Waals surface area contributed by atoms with Gasteiger partial charge in [-0.2, -0.15) is 0 Å². The molecule has 10 heteroatoms. The predicted molar refractivity (Wildman–Crippen MR) is 91.9 cm³/mol. The van der Waals surface area contributed by atoms with Crippen LogP contribution in [0.4, 0.5) is 0 Å². The van der Waals surface area contributed by atoms with Crippen LogP contribution in [0.3, 0.4) is 0 Å². The monoisotopic (exact) mass is 379 g/mol. The van der Waals surface area contributed by atoms with Gasteiger partial charge in [-0.25, -0.2) is 0 Å². The standard InChI is InChI=1S/C16H33N3O7/c1-3-4-19-8-5-7(17)15(12(23)10(8)21)26-16-9(18)11(22)13(24)14(25-16)6(2)20/h6-16,19-24H,3-5,17-18H2,1-2H3/t6?,7?,8?,9?,10-,11-,12?,13+,14?,15-,16-/m1/s1. The Balaban J connectivity index is 2.06. The summed E-state index contributed by atoms with van der Waals surface area (Å²) in [4.78, 5) is 0. The molecule has 0 aromatic carbocycles. The maximum Gasteiger partial charge on any atom is 0.176 e. The van der Waals surface area contributed by atoms with E-state index in [1.807, 2.05) is 6.92 Å². The van der Waals surface area contributed by atoms with Gasteiger partial charge in [-0.05, 0) is 26.3 Å². The van der Waals surface area contributed by atoms with Gasteiger partial charge in [-0.15, -0.1) is 0 Å². The van der Waals surface area contributed by atoms with Crippen molar-refractivity contribution in [2.24, 2.45) is 11.5 Å². The van der Waals surface area contributed by atoms with Gasteiger partial charge >= 0.3 is 0 Å². The zero-order valence-electron chi connectivity index (χ0n) is 15.2. The summed E-state index contributed by atoms with van der Waals surface area (Å²) < 4.78 is 11.2. The first-order valence-electron chi connectivity index (χ1n) is 9.14. The van der Waals surface area contributed by atoms with Crippen molar-refractivity contribution in [2.45, 2.75) is 93.8 Å². The highest BCUT2D eigenvalue weighted by Crippen LogP contribution is 2.28. The van der Waals surface area contributed by atoms with Gasteiger partial charge < -0.3 is 51.8 Å². The summed E-state index contributed by atoms with van der Waals surface area (Å²) in [5, 5.41) is 53.7. The highest BCUT2D eigenvalue weighted by molar-refractivity contribution is 5.00. The maximum absolute atomic E-state index is 10.4. The van der Waals surface area contributed by atoms with Crippen LogP contribution >= 0.6 is 0 Å². The molecule has 2 fully saturated rings. The lowest BCUT2D eigenvalue weighted by Gasteiger charge is -2.47. The lowest BCUT2D eigenvalue weighted by Crippen LogP contribution is -2.68. The molecule has 1 aliphatic carbocycles. The third-order valence-corrected chi connectivity index (χ3v) is 5.16. The van der Waals surface area contributed by atoms with Gasteiger partial charge in [0, 0.05) is 12.1 Å². The molecule has 1 aliphatic heterocycles. The average Bonchev–Trinajstić information content (AvgIpc) is 2.60. The van der Waals surface area contributed by atoms with E-state index in [0.717, 1.165) is 6.42 Å². The van der Waals surface area contributed by atoms with Crippen molar-refractivity contribution < 1.29 is 35.0 Å². The minimum atomic E-state index is -1.38. The number of hydrogen-bond acceptors (Lipinski definition) is 10. The fraction of sp³-hybridized carbons (Fsp3) is 1.00. The Morgan fingerprint density at radius 3 is 2.35 bits per heavy atom. The lowest BCUT2D eigenvalue weighted by atomic mass is 9.84. The zero-order valence-corrected chi connectivity index (χ0v) is 15.2. The third kappa shape index (κ3) is 4.53. The Labute approximate surface area is 153 Å². The smallest absolute Gasteiger partial charge is 0.176 e. The van der Waals surface area contributed by atoms with Crippen molar-refractivity contribution in [3.8, 4) is 0 Å². The van der Waals surface area contributed by atoms with E-state index >= 15 is 0 Å². The van der Waals surface area contributed by atoms with Gasteiger partial charge in [-0.3, -0.25) is 0 Å². The van der Waals surface area contributed by atoms with Crippen molar-refractivity contribution in [1.29, 1.82) is 0 Å². The van der Waals surface area contributed by atoms with Crippen LogP contribution in [0.1, 0.15) is 26.7 Å². The first-order chi connectivity index (χ1) is 12.2. The molecule has 1 saturated carbocycles. The molecule has 0 bridgehead atoms. The molecule has 6 unspecified atom stereocenters. The van der Waals surface area contributed by atoms with Gasteiger partial charge in [0.2, 0.25) is 0 Å². The largest absolute Gasteiger partial charge is 0.391 e. The molecule has 2 rings (SSSR count). The Morgan fingerprint density at radius 1 is 1.12 bits per heavy atom. The molecule has 0 aromatic heterocycles.